The normalized spacial score (nSPS) is 38.8. The zero-order valence-electron chi connectivity index (χ0n) is 11.5. The summed E-state index contributed by atoms with van der Waals surface area (Å²) in [4.78, 5) is 0. The van der Waals surface area contributed by atoms with Gasteiger partial charge in [0.05, 0.1) is 25.9 Å². The molecule has 0 aromatic carbocycles. The molecule has 0 amide bonds. The van der Waals surface area contributed by atoms with Gasteiger partial charge in [0.2, 0.25) is 0 Å². The Morgan fingerprint density at radius 3 is 2.47 bits per heavy atom. The van der Waals surface area contributed by atoms with Crippen molar-refractivity contribution in [3.63, 3.8) is 0 Å². The summed E-state index contributed by atoms with van der Waals surface area (Å²) >= 11 is 0. The predicted molar refractivity (Wildman–Crippen MR) is 68.8 cm³/mol. The molecule has 3 atom stereocenters. The van der Waals surface area contributed by atoms with Crippen molar-refractivity contribution in [3.05, 3.63) is 0 Å². The number of hydrogen-bond acceptors (Lipinski definition) is 3. The Hall–Kier alpha value is -0.120. The fourth-order valence-corrected chi connectivity index (χ4v) is 3.82. The predicted octanol–water partition coefficient (Wildman–Crippen LogP) is 2.19. The van der Waals surface area contributed by atoms with Gasteiger partial charge in [-0.05, 0) is 36.0 Å². The van der Waals surface area contributed by atoms with E-state index in [1.807, 2.05) is 0 Å². The zero-order chi connectivity index (χ0) is 12.5. The maximum Gasteiger partial charge on any atom is 0.0704 e. The first-order valence-corrected chi connectivity index (χ1v) is 6.92. The van der Waals surface area contributed by atoms with Crippen molar-refractivity contribution in [1.29, 1.82) is 0 Å². The first kappa shape index (κ1) is 13.3. The molecule has 2 rings (SSSR count). The van der Waals surface area contributed by atoms with Crippen LogP contribution in [0.25, 0.3) is 0 Å². The van der Waals surface area contributed by atoms with Gasteiger partial charge in [-0.3, -0.25) is 0 Å². The van der Waals surface area contributed by atoms with Gasteiger partial charge in [-0.2, -0.15) is 0 Å². The number of rotatable bonds is 6. The van der Waals surface area contributed by atoms with Crippen LogP contribution in [0.1, 0.15) is 40.0 Å². The second kappa shape index (κ2) is 4.87. The van der Waals surface area contributed by atoms with Gasteiger partial charge in [0.15, 0.2) is 0 Å². The molecule has 2 aliphatic rings. The Labute approximate surface area is 105 Å². The summed E-state index contributed by atoms with van der Waals surface area (Å²) in [7, 11) is 0. The first-order chi connectivity index (χ1) is 8.02. The molecule has 0 spiro atoms. The lowest BCUT2D eigenvalue weighted by atomic mass is 9.70. The fourth-order valence-electron chi connectivity index (χ4n) is 3.82. The highest BCUT2D eigenvalue weighted by Crippen LogP contribution is 2.66. The molecule has 0 radical (unpaired) electrons. The Bertz CT molecular complexity index is 267. The second-order valence-electron chi connectivity index (χ2n) is 6.37. The summed E-state index contributed by atoms with van der Waals surface area (Å²) in [6.45, 7) is 9.86. The zero-order valence-corrected chi connectivity index (χ0v) is 11.5. The Morgan fingerprint density at radius 2 is 1.94 bits per heavy atom. The van der Waals surface area contributed by atoms with Crippen LogP contribution in [0.4, 0.5) is 0 Å². The minimum atomic E-state index is 0.367. The maximum atomic E-state index is 6.06. The maximum absolute atomic E-state index is 6.06. The lowest BCUT2D eigenvalue weighted by Gasteiger charge is -2.38. The molecule has 3 unspecified atom stereocenters. The van der Waals surface area contributed by atoms with E-state index < -0.39 is 0 Å². The lowest BCUT2D eigenvalue weighted by Crippen LogP contribution is -2.37. The standard InChI is InChI=1S/C14H27NO2/c1-13(2)11-4-5-14(13,3)12(10-11)17-9-8-16-7-6-15/h11-12H,4-10,15H2,1-3H3. The van der Waals surface area contributed by atoms with Crippen LogP contribution in [0.3, 0.4) is 0 Å². The summed E-state index contributed by atoms with van der Waals surface area (Å²) in [6.07, 6.45) is 4.37. The third kappa shape index (κ3) is 2.13. The van der Waals surface area contributed by atoms with Gasteiger partial charge in [0, 0.05) is 6.54 Å². The quantitative estimate of drug-likeness (QED) is 0.725. The van der Waals surface area contributed by atoms with Crippen LogP contribution >= 0.6 is 0 Å². The Balaban J connectivity index is 1.80. The highest BCUT2D eigenvalue weighted by molar-refractivity contribution is 5.11. The van der Waals surface area contributed by atoms with E-state index in [1.165, 1.54) is 19.3 Å². The fraction of sp³-hybridized carbons (Fsp3) is 1.00. The molecule has 3 heteroatoms. The van der Waals surface area contributed by atoms with Gasteiger partial charge in [-0.15, -0.1) is 0 Å². The van der Waals surface area contributed by atoms with E-state index in [1.54, 1.807) is 0 Å². The van der Waals surface area contributed by atoms with E-state index in [2.05, 4.69) is 20.8 Å². The summed E-state index contributed by atoms with van der Waals surface area (Å²) in [5, 5.41) is 0. The number of fused-ring (bicyclic) bond motifs is 2. The molecule has 17 heavy (non-hydrogen) atoms. The van der Waals surface area contributed by atoms with Crippen molar-refractivity contribution in [3.8, 4) is 0 Å². The van der Waals surface area contributed by atoms with Crippen LogP contribution in [0.15, 0.2) is 0 Å². The van der Waals surface area contributed by atoms with Crippen LogP contribution < -0.4 is 5.73 Å². The Kier molecular flexibility index (Phi) is 3.81. The topological polar surface area (TPSA) is 44.5 Å². The van der Waals surface area contributed by atoms with Crippen molar-refractivity contribution >= 4 is 0 Å². The van der Waals surface area contributed by atoms with Crippen LogP contribution in [0.5, 0.6) is 0 Å². The molecule has 2 fully saturated rings. The average molecular weight is 241 g/mol. The van der Waals surface area contributed by atoms with E-state index in [0.29, 0.717) is 43.3 Å². The van der Waals surface area contributed by atoms with E-state index in [9.17, 15) is 0 Å². The van der Waals surface area contributed by atoms with Gasteiger partial charge < -0.3 is 15.2 Å². The van der Waals surface area contributed by atoms with Gasteiger partial charge >= 0.3 is 0 Å². The SMILES string of the molecule is CC1(C)C2CCC1(C)C(OCCOCCN)C2. The van der Waals surface area contributed by atoms with Crippen molar-refractivity contribution < 1.29 is 9.47 Å². The highest BCUT2D eigenvalue weighted by Gasteiger charge is 2.61. The molecular weight excluding hydrogens is 214 g/mol. The second-order valence-corrected chi connectivity index (χ2v) is 6.37. The average Bonchev–Trinajstić information content (AvgIpc) is 2.61. The summed E-state index contributed by atoms with van der Waals surface area (Å²) < 4.78 is 11.4. The van der Waals surface area contributed by atoms with Crippen LogP contribution in [-0.4, -0.2) is 32.5 Å². The van der Waals surface area contributed by atoms with Crippen molar-refractivity contribution in [1.82, 2.24) is 0 Å². The largest absolute Gasteiger partial charge is 0.378 e. The molecule has 100 valence electrons. The molecule has 0 saturated heterocycles. The van der Waals surface area contributed by atoms with Crippen LogP contribution in [-0.2, 0) is 9.47 Å². The summed E-state index contributed by atoms with van der Waals surface area (Å²) in [5.41, 5.74) is 6.18. The third-order valence-electron chi connectivity index (χ3n) is 5.52. The van der Waals surface area contributed by atoms with Gasteiger partial charge in [0.1, 0.15) is 0 Å². The smallest absolute Gasteiger partial charge is 0.0704 e. The van der Waals surface area contributed by atoms with Gasteiger partial charge in [0.25, 0.3) is 0 Å². The van der Waals surface area contributed by atoms with Gasteiger partial charge in [-0.1, -0.05) is 20.8 Å². The van der Waals surface area contributed by atoms with Crippen molar-refractivity contribution in [2.45, 2.75) is 46.1 Å². The molecule has 0 heterocycles. The molecule has 0 aliphatic heterocycles. The van der Waals surface area contributed by atoms with Gasteiger partial charge in [-0.25, -0.2) is 0 Å². The van der Waals surface area contributed by atoms with Crippen molar-refractivity contribution in [2.24, 2.45) is 22.5 Å². The first-order valence-electron chi connectivity index (χ1n) is 6.92. The van der Waals surface area contributed by atoms with Crippen LogP contribution in [0.2, 0.25) is 0 Å². The molecule has 2 saturated carbocycles. The lowest BCUT2D eigenvalue weighted by molar-refractivity contribution is -0.0638. The molecular formula is C14H27NO2. The third-order valence-corrected chi connectivity index (χ3v) is 5.52. The van der Waals surface area contributed by atoms with E-state index >= 15 is 0 Å². The molecule has 2 aliphatic carbocycles. The van der Waals surface area contributed by atoms with Crippen LogP contribution in [0, 0.1) is 16.7 Å². The highest BCUT2D eigenvalue weighted by atomic mass is 16.5. The molecule has 3 nitrogen and oxygen atoms in total. The summed E-state index contributed by atoms with van der Waals surface area (Å²) in [5.74, 6) is 0.850. The molecule has 0 aromatic heterocycles. The summed E-state index contributed by atoms with van der Waals surface area (Å²) in [6, 6.07) is 0. The van der Waals surface area contributed by atoms with E-state index in [0.717, 1.165) is 5.92 Å². The van der Waals surface area contributed by atoms with Crippen molar-refractivity contribution in [2.75, 3.05) is 26.4 Å². The molecule has 0 aromatic rings. The number of nitrogens with two attached hydrogens (primary N) is 1. The minimum absolute atomic E-state index is 0.367. The number of ether oxygens (including phenoxy) is 2. The number of hydrogen-bond donors (Lipinski definition) is 1. The minimum Gasteiger partial charge on any atom is -0.378 e. The van der Waals surface area contributed by atoms with E-state index in [4.69, 9.17) is 15.2 Å². The molecule has 2 bridgehead atoms. The molecule has 2 N–H and O–H groups in total. The van der Waals surface area contributed by atoms with E-state index in [-0.39, 0.29) is 0 Å². The Morgan fingerprint density at radius 1 is 1.18 bits per heavy atom. The monoisotopic (exact) mass is 241 g/mol.